The Morgan fingerprint density at radius 3 is 2.38 bits per heavy atom. The number of carbonyl (C=O) groups is 2. The molecule has 1 saturated carbocycles. The van der Waals surface area contributed by atoms with Gasteiger partial charge in [-0.25, -0.2) is 13.6 Å². The van der Waals surface area contributed by atoms with E-state index >= 15 is 0 Å². The minimum atomic E-state index is -3.78. The van der Waals surface area contributed by atoms with E-state index in [-0.39, 0.29) is 4.90 Å². The summed E-state index contributed by atoms with van der Waals surface area (Å²) in [5.41, 5.74) is 0.719. The van der Waals surface area contributed by atoms with Gasteiger partial charge in [0.25, 0.3) is 5.91 Å². The van der Waals surface area contributed by atoms with Gasteiger partial charge >= 0.3 is 5.97 Å². The van der Waals surface area contributed by atoms with Gasteiger partial charge < -0.3 is 10.1 Å². The van der Waals surface area contributed by atoms with Crippen LogP contribution in [-0.4, -0.2) is 26.9 Å². The Labute approximate surface area is 193 Å². The van der Waals surface area contributed by atoms with E-state index in [0.29, 0.717) is 23.4 Å². The van der Waals surface area contributed by atoms with Crippen LogP contribution in [0, 0.1) is 0 Å². The fourth-order valence-electron chi connectivity index (χ4n) is 4.13. The molecule has 0 aliphatic heterocycles. The zero-order valence-corrected chi connectivity index (χ0v) is 19.4. The van der Waals surface area contributed by atoms with Crippen molar-refractivity contribution in [2.45, 2.75) is 55.4 Å². The molecule has 1 amide bonds. The highest BCUT2D eigenvalue weighted by Crippen LogP contribution is 2.41. The molecule has 1 aliphatic rings. The molecule has 1 fully saturated rings. The van der Waals surface area contributed by atoms with E-state index in [2.05, 4.69) is 5.32 Å². The van der Waals surface area contributed by atoms with Crippen LogP contribution in [0.1, 0.15) is 56.2 Å². The molecule has 0 bridgehead atoms. The Morgan fingerprint density at radius 1 is 1.12 bits per heavy atom. The SMILES string of the molecule is C[C@@H](NC(=O)COC(=O)C1(c2cccc(Cl)c2)CCCCC1)c1ccc(S(N)(=O)=O)cc1. The molecule has 7 nitrogen and oxygen atoms in total. The Hall–Kier alpha value is -2.42. The number of esters is 1. The van der Waals surface area contributed by atoms with Crippen LogP contribution in [0.4, 0.5) is 0 Å². The quantitative estimate of drug-likeness (QED) is 0.590. The number of nitrogens with one attached hydrogen (secondary N) is 1. The lowest BCUT2D eigenvalue weighted by molar-refractivity contribution is -0.156. The van der Waals surface area contributed by atoms with Gasteiger partial charge in [0.15, 0.2) is 6.61 Å². The van der Waals surface area contributed by atoms with Crippen molar-refractivity contribution in [2.75, 3.05) is 6.61 Å². The summed E-state index contributed by atoms with van der Waals surface area (Å²) in [5, 5.41) is 8.41. The first kappa shape index (κ1) is 24.2. The van der Waals surface area contributed by atoms with Crippen molar-refractivity contribution in [1.82, 2.24) is 5.32 Å². The molecule has 32 heavy (non-hydrogen) atoms. The predicted molar refractivity (Wildman–Crippen MR) is 122 cm³/mol. The van der Waals surface area contributed by atoms with Gasteiger partial charge in [-0.3, -0.25) is 9.59 Å². The van der Waals surface area contributed by atoms with Gasteiger partial charge in [-0.05, 0) is 55.2 Å². The second kappa shape index (κ2) is 10.0. The van der Waals surface area contributed by atoms with E-state index in [0.717, 1.165) is 24.8 Å². The van der Waals surface area contributed by atoms with Gasteiger partial charge in [-0.1, -0.05) is 55.1 Å². The average molecular weight is 479 g/mol. The maximum atomic E-state index is 13.1. The molecule has 0 saturated heterocycles. The second-order valence-corrected chi connectivity index (χ2v) is 10.1. The third-order valence-corrected chi connectivity index (χ3v) is 7.06. The number of carbonyl (C=O) groups excluding carboxylic acids is 2. The molecular formula is C23H27ClN2O5S. The van der Waals surface area contributed by atoms with Gasteiger partial charge in [-0.15, -0.1) is 0 Å². The van der Waals surface area contributed by atoms with Crippen LogP contribution in [-0.2, 0) is 29.8 Å². The standard InChI is InChI=1S/C23H27ClN2O5S/c1-16(17-8-10-20(11-9-17)32(25,29)30)26-21(27)15-31-22(28)23(12-3-2-4-13-23)18-6-5-7-19(24)14-18/h5-11,14,16H,2-4,12-13,15H2,1H3,(H,26,27)(H2,25,29,30)/t16-/m1/s1. The number of ether oxygens (including phenoxy) is 1. The van der Waals surface area contributed by atoms with Crippen LogP contribution in [0.5, 0.6) is 0 Å². The van der Waals surface area contributed by atoms with Gasteiger partial charge in [0.05, 0.1) is 16.4 Å². The maximum Gasteiger partial charge on any atom is 0.317 e. The van der Waals surface area contributed by atoms with Crippen LogP contribution in [0.3, 0.4) is 0 Å². The van der Waals surface area contributed by atoms with Crippen molar-refractivity contribution in [3.63, 3.8) is 0 Å². The molecule has 0 heterocycles. The maximum absolute atomic E-state index is 13.1. The largest absolute Gasteiger partial charge is 0.455 e. The lowest BCUT2D eigenvalue weighted by atomic mass is 9.69. The van der Waals surface area contributed by atoms with Crippen LogP contribution in [0.15, 0.2) is 53.4 Å². The minimum Gasteiger partial charge on any atom is -0.455 e. The molecule has 0 spiro atoms. The lowest BCUT2D eigenvalue weighted by Crippen LogP contribution is -2.41. The molecule has 1 atom stereocenters. The number of nitrogens with two attached hydrogens (primary N) is 1. The lowest BCUT2D eigenvalue weighted by Gasteiger charge is -2.35. The van der Waals surface area contributed by atoms with Crippen molar-refractivity contribution in [2.24, 2.45) is 5.14 Å². The van der Waals surface area contributed by atoms with Crippen LogP contribution >= 0.6 is 11.6 Å². The van der Waals surface area contributed by atoms with Crippen LogP contribution in [0.2, 0.25) is 5.02 Å². The molecule has 1 aliphatic carbocycles. The molecule has 0 unspecified atom stereocenters. The molecular weight excluding hydrogens is 452 g/mol. The Balaban J connectivity index is 1.63. The monoisotopic (exact) mass is 478 g/mol. The number of sulfonamides is 1. The molecule has 2 aromatic carbocycles. The van der Waals surface area contributed by atoms with Crippen molar-refractivity contribution in [3.05, 3.63) is 64.7 Å². The third kappa shape index (κ3) is 5.68. The second-order valence-electron chi connectivity index (χ2n) is 8.13. The number of amides is 1. The van der Waals surface area contributed by atoms with Gasteiger partial charge in [0.1, 0.15) is 0 Å². The summed E-state index contributed by atoms with van der Waals surface area (Å²) in [5.74, 6) is -0.863. The Morgan fingerprint density at radius 2 is 1.78 bits per heavy atom. The molecule has 9 heteroatoms. The topological polar surface area (TPSA) is 116 Å². The van der Waals surface area contributed by atoms with Gasteiger partial charge in [-0.2, -0.15) is 0 Å². The van der Waals surface area contributed by atoms with E-state index < -0.39 is 40.0 Å². The summed E-state index contributed by atoms with van der Waals surface area (Å²) in [6.45, 7) is 1.35. The summed E-state index contributed by atoms with van der Waals surface area (Å²) < 4.78 is 28.2. The summed E-state index contributed by atoms with van der Waals surface area (Å²) in [6, 6.07) is 12.8. The first-order chi connectivity index (χ1) is 15.1. The summed E-state index contributed by atoms with van der Waals surface area (Å²) in [6.07, 6.45) is 4.16. The molecule has 3 N–H and O–H groups in total. The van der Waals surface area contributed by atoms with Gasteiger partial charge in [0, 0.05) is 5.02 Å². The van der Waals surface area contributed by atoms with E-state index in [1.165, 1.54) is 12.1 Å². The molecule has 0 aromatic heterocycles. The smallest absolute Gasteiger partial charge is 0.317 e. The average Bonchev–Trinajstić information content (AvgIpc) is 2.77. The van der Waals surface area contributed by atoms with Crippen molar-refractivity contribution < 1.29 is 22.7 Å². The van der Waals surface area contributed by atoms with Crippen LogP contribution < -0.4 is 10.5 Å². The highest BCUT2D eigenvalue weighted by Gasteiger charge is 2.43. The zero-order valence-electron chi connectivity index (χ0n) is 17.8. The zero-order chi connectivity index (χ0) is 23.4. The fraction of sp³-hybridized carbons (Fsp3) is 0.391. The molecule has 2 aromatic rings. The van der Waals surface area contributed by atoms with E-state index in [9.17, 15) is 18.0 Å². The van der Waals surface area contributed by atoms with Crippen molar-refractivity contribution >= 4 is 33.5 Å². The van der Waals surface area contributed by atoms with E-state index in [1.807, 2.05) is 12.1 Å². The van der Waals surface area contributed by atoms with Crippen molar-refractivity contribution in [1.29, 1.82) is 0 Å². The first-order valence-corrected chi connectivity index (χ1v) is 12.4. The van der Waals surface area contributed by atoms with E-state index in [1.54, 1.807) is 31.2 Å². The third-order valence-electron chi connectivity index (χ3n) is 5.90. The summed E-state index contributed by atoms with van der Waals surface area (Å²) >= 11 is 6.15. The number of rotatable bonds is 7. The van der Waals surface area contributed by atoms with E-state index in [4.69, 9.17) is 21.5 Å². The number of benzene rings is 2. The van der Waals surface area contributed by atoms with Crippen LogP contribution in [0.25, 0.3) is 0 Å². The highest BCUT2D eigenvalue weighted by atomic mass is 35.5. The summed E-state index contributed by atoms with van der Waals surface area (Å²) in [7, 11) is -3.78. The minimum absolute atomic E-state index is 0.00694. The first-order valence-electron chi connectivity index (χ1n) is 10.5. The number of hydrogen-bond donors (Lipinski definition) is 2. The van der Waals surface area contributed by atoms with Gasteiger partial charge in [0.2, 0.25) is 10.0 Å². The number of primary sulfonamides is 1. The molecule has 0 radical (unpaired) electrons. The van der Waals surface area contributed by atoms with Crippen molar-refractivity contribution in [3.8, 4) is 0 Å². The molecule has 172 valence electrons. The predicted octanol–water partition coefficient (Wildman–Crippen LogP) is 3.61. The Kier molecular flexibility index (Phi) is 7.59. The normalized spacial score (nSPS) is 16.7. The highest BCUT2D eigenvalue weighted by molar-refractivity contribution is 7.89. The summed E-state index contributed by atoms with van der Waals surface area (Å²) in [4.78, 5) is 25.5. The number of hydrogen-bond acceptors (Lipinski definition) is 5. The number of halogens is 1. The fourth-order valence-corrected chi connectivity index (χ4v) is 4.84. The Bertz CT molecular complexity index is 1080. The molecule has 3 rings (SSSR count).